The van der Waals surface area contributed by atoms with E-state index in [1.165, 1.54) is 25.7 Å². The summed E-state index contributed by atoms with van der Waals surface area (Å²) in [6, 6.07) is 4.38. The Bertz CT molecular complexity index is 441. The first-order chi connectivity index (χ1) is 9.70. The molecular weight excluding hydrogens is 250 g/mol. The van der Waals surface area contributed by atoms with Gasteiger partial charge in [0.2, 0.25) is 0 Å². The Morgan fingerprint density at radius 1 is 1.45 bits per heavy atom. The average Bonchev–Trinajstić information content (AvgIpc) is 2.97. The van der Waals surface area contributed by atoms with Crippen LogP contribution in [0.25, 0.3) is 0 Å². The van der Waals surface area contributed by atoms with Gasteiger partial charge < -0.3 is 10.2 Å². The number of nitrogens with one attached hydrogen (secondary N) is 1. The molecule has 0 radical (unpaired) electrons. The molecule has 0 bridgehead atoms. The summed E-state index contributed by atoms with van der Waals surface area (Å²) >= 11 is 0. The van der Waals surface area contributed by atoms with Crippen LogP contribution in [-0.4, -0.2) is 35.4 Å². The normalized spacial score (nSPS) is 15.3. The van der Waals surface area contributed by atoms with E-state index in [2.05, 4.69) is 17.2 Å². The van der Waals surface area contributed by atoms with Gasteiger partial charge in [-0.05, 0) is 31.4 Å². The molecule has 1 fully saturated rings. The molecule has 20 heavy (non-hydrogen) atoms. The lowest BCUT2D eigenvalue weighted by Crippen LogP contribution is -2.28. The Hall–Kier alpha value is -1.58. The molecule has 0 aromatic carbocycles. The quantitative estimate of drug-likeness (QED) is 0.866. The van der Waals surface area contributed by atoms with Gasteiger partial charge in [0.15, 0.2) is 0 Å². The highest BCUT2D eigenvalue weighted by atomic mass is 16.2. The molecule has 0 unspecified atom stereocenters. The predicted octanol–water partition coefficient (Wildman–Crippen LogP) is 3.31. The van der Waals surface area contributed by atoms with Crippen LogP contribution in [0.2, 0.25) is 0 Å². The molecule has 1 aliphatic rings. The van der Waals surface area contributed by atoms with Crippen LogP contribution in [-0.2, 0) is 0 Å². The largest absolute Gasteiger partial charge is 0.382 e. The van der Waals surface area contributed by atoms with Gasteiger partial charge in [-0.1, -0.05) is 26.2 Å². The van der Waals surface area contributed by atoms with Crippen LogP contribution in [0.1, 0.15) is 55.9 Å². The minimum absolute atomic E-state index is 0.00789. The topological polar surface area (TPSA) is 45.2 Å². The third-order valence-corrected chi connectivity index (χ3v) is 3.90. The lowest BCUT2D eigenvalue weighted by atomic mass is 10.2. The van der Waals surface area contributed by atoms with E-state index in [1.807, 2.05) is 19.2 Å². The molecule has 2 rings (SSSR count). The minimum atomic E-state index is 0.00789. The average molecular weight is 275 g/mol. The molecule has 1 heterocycles. The number of pyridine rings is 1. The summed E-state index contributed by atoms with van der Waals surface area (Å²) in [6.07, 6.45) is 8.89. The number of carbonyl (C=O) groups excluding carboxylic acids is 1. The van der Waals surface area contributed by atoms with E-state index < -0.39 is 0 Å². The van der Waals surface area contributed by atoms with E-state index in [0.717, 1.165) is 25.1 Å². The number of hydrogen-bond donors (Lipinski definition) is 1. The standard InChI is InChI=1S/C16H25N3O/c1-3-4-11-19(2)16(20)15-12-14(9-10-17-15)18-13-7-5-6-8-13/h9-10,12-13H,3-8,11H2,1-2H3,(H,17,18). The zero-order valence-electron chi connectivity index (χ0n) is 12.6. The van der Waals surface area contributed by atoms with Crippen molar-refractivity contribution in [1.29, 1.82) is 0 Å². The summed E-state index contributed by atoms with van der Waals surface area (Å²) in [5.74, 6) is 0.00789. The van der Waals surface area contributed by atoms with E-state index >= 15 is 0 Å². The highest BCUT2D eigenvalue weighted by molar-refractivity contribution is 5.92. The van der Waals surface area contributed by atoms with Gasteiger partial charge in [-0.2, -0.15) is 0 Å². The van der Waals surface area contributed by atoms with Gasteiger partial charge in [0, 0.05) is 31.5 Å². The molecule has 1 aromatic rings. The zero-order chi connectivity index (χ0) is 14.4. The van der Waals surface area contributed by atoms with Crippen LogP contribution >= 0.6 is 0 Å². The van der Waals surface area contributed by atoms with E-state index in [0.29, 0.717) is 11.7 Å². The second-order valence-electron chi connectivity index (χ2n) is 5.64. The highest BCUT2D eigenvalue weighted by Gasteiger charge is 2.16. The fraction of sp³-hybridized carbons (Fsp3) is 0.625. The van der Waals surface area contributed by atoms with Crippen LogP contribution in [0.5, 0.6) is 0 Å². The van der Waals surface area contributed by atoms with Crippen molar-refractivity contribution in [2.24, 2.45) is 0 Å². The zero-order valence-corrected chi connectivity index (χ0v) is 12.6. The number of unbranched alkanes of at least 4 members (excludes halogenated alkanes) is 1. The van der Waals surface area contributed by atoms with Crippen molar-refractivity contribution >= 4 is 11.6 Å². The van der Waals surface area contributed by atoms with Crippen LogP contribution in [0.15, 0.2) is 18.3 Å². The molecule has 1 N–H and O–H groups in total. The van der Waals surface area contributed by atoms with Crippen molar-refractivity contribution in [3.63, 3.8) is 0 Å². The number of hydrogen-bond acceptors (Lipinski definition) is 3. The molecule has 1 aromatic heterocycles. The molecule has 1 saturated carbocycles. The Morgan fingerprint density at radius 3 is 2.90 bits per heavy atom. The number of carbonyl (C=O) groups is 1. The number of rotatable bonds is 6. The van der Waals surface area contributed by atoms with Crippen molar-refractivity contribution in [3.05, 3.63) is 24.0 Å². The second kappa shape index (κ2) is 7.27. The SMILES string of the molecule is CCCCN(C)C(=O)c1cc(NC2CCCC2)ccn1. The number of aromatic nitrogens is 1. The molecule has 0 saturated heterocycles. The highest BCUT2D eigenvalue weighted by Crippen LogP contribution is 2.22. The third kappa shape index (κ3) is 3.95. The van der Waals surface area contributed by atoms with E-state index in [1.54, 1.807) is 11.1 Å². The lowest BCUT2D eigenvalue weighted by Gasteiger charge is -2.17. The second-order valence-corrected chi connectivity index (χ2v) is 5.64. The Balaban J connectivity index is 1.98. The van der Waals surface area contributed by atoms with Gasteiger partial charge >= 0.3 is 0 Å². The van der Waals surface area contributed by atoms with E-state index in [9.17, 15) is 4.79 Å². The maximum absolute atomic E-state index is 12.3. The summed E-state index contributed by atoms with van der Waals surface area (Å²) in [5, 5.41) is 3.51. The fourth-order valence-electron chi connectivity index (χ4n) is 2.64. The van der Waals surface area contributed by atoms with Gasteiger partial charge in [0.1, 0.15) is 5.69 Å². The van der Waals surface area contributed by atoms with Gasteiger partial charge in [-0.3, -0.25) is 9.78 Å². The maximum atomic E-state index is 12.3. The van der Waals surface area contributed by atoms with Crippen LogP contribution in [0, 0.1) is 0 Å². The third-order valence-electron chi connectivity index (χ3n) is 3.90. The van der Waals surface area contributed by atoms with Crippen molar-refractivity contribution in [2.45, 2.75) is 51.5 Å². The molecule has 110 valence electrons. The van der Waals surface area contributed by atoms with Crippen LogP contribution in [0.4, 0.5) is 5.69 Å². The molecule has 0 aliphatic heterocycles. The molecule has 1 amide bonds. The maximum Gasteiger partial charge on any atom is 0.272 e. The number of amides is 1. The Labute approximate surface area is 121 Å². The van der Waals surface area contributed by atoms with Crippen molar-refractivity contribution in [3.8, 4) is 0 Å². The van der Waals surface area contributed by atoms with E-state index in [4.69, 9.17) is 0 Å². The van der Waals surface area contributed by atoms with Gasteiger partial charge in [0.05, 0.1) is 0 Å². The molecule has 1 aliphatic carbocycles. The molecule has 0 spiro atoms. The van der Waals surface area contributed by atoms with Crippen LogP contribution < -0.4 is 5.32 Å². The first-order valence-electron chi connectivity index (χ1n) is 7.68. The summed E-state index contributed by atoms with van der Waals surface area (Å²) < 4.78 is 0. The minimum Gasteiger partial charge on any atom is -0.382 e. The molecule has 0 atom stereocenters. The summed E-state index contributed by atoms with van der Waals surface area (Å²) in [6.45, 7) is 2.92. The Morgan fingerprint density at radius 2 is 2.20 bits per heavy atom. The predicted molar refractivity (Wildman–Crippen MR) is 82.0 cm³/mol. The summed E-state index contributed by atoms with van der Waals surface area (Å²) in [7, 11) is 1.84. The number of anilines is 1. The van der Waals surface area contributed by atoms with Gasteiger partial charge in [-0.25, -0.2) is 0 Å². The van der Waals surface area contributed by atoms with Crippen molar-refractivity contribution in [1.82, 2.24) is 9.88 Å². The summed E-state index contributed by atoms with van der Waals surface area (Å²) in [4.78, 5) is 18.2. The first kappa shape index (κ1) is 14.8. The molecule has 4 nitrogen and oxygen atoms in total. The van der Waals surface area contributed by atoms with Gasteiger partial charge in [-0.15, -0.1) is 0 Å². The lowest BCUT2D eigenvalue weighted by molar-refractivity contribution is 0.0787. The van der Waals surface area contributed by atoms with Crippen LogP contribution in [0.3, 0.4) is 0 Å². The fourth-order valence-corrected chi connectivity index (χ4v) is 2.64. The monoisotopic (exact) mass is 275 g/mol. The van der Waals surface area contributed by atoms with E-state index in [-0.39, 0.29) is 5.91 Å². The van der Waals surface area contributed by atoms with Crippen molar-refractivity contribution < 1.29 is 4.79 Å². The van der Waals surface area contributed by atoms with Crippen molar-refractivity contribution in [2.75, 3.05) is 18.9 Å². The number of nitrogens with zero attached hydrogens (tertiary/aromatic N) is 2. The first-order valence-corrected chi connectivity index (χ1v) is 7.68. The molecular formula is C16H25N3O. The smallest absolute Gasteiger partial charge is 0.272 e. The molecule has 4 heteroatoms. The summed E-state index contributed by atoms with van der Waals surface area (Å²) in [5.41, 5.74) is 1.55. The Kier molecular flexibility index (Phi) is 5.39. The van der Waals surface area contributed by atoms with Gasteiger partial charge in [0.25, 0.3) is 5.91 Å².